The molecule has 2 N–H and O–H groups in total. The second-order valence-electron chi connectivity index (χ2n) is 5.37. The van der Waals surface area contributed by atoms with Crippen LogP contribution in [-0.2, 0) is 9.53 Å². The van der Waals surface area contributed by atoms with E-state index in [1.54, 1.807) is 0 Å². The second-order valence-corrected chi connectivity index (χ2v) is 5.37. The normalized spacial score (nSPS) is 22.2. The Balaban J connectivity index is 1.96. The van der Waals surface area contributed by atoms with Gasteiger partial charge in [-0.1, -0.05) is 30.9 Å². The Bertz CT molecular complexity index is 541. The second kappa shape index (κ2) is 7.26. The molecule has 0 aliphatic carbocycles. The number of aliphatic hydroxyl groups is 1. The highest BCUT2D eigenvalue weighted by molar-refractivity contribution is 5.81. The van der Waals surface area contributed by atoms with Crippen LogP contribution in [0.25, 0.3) is 0 Å². The molecule has 3 unspecified atom stereocenters. The van der Waals surface area contributed by atoms with Crippen molar-refractivity contribution < 1.29 is 14.6 Å². The molecule has 21 heavy (non-hydrogen) atoms. The minimum atomic E-state index is -0.331. The molecule has 1 amide bonds. The highest BCUT2D eigenvalue weighted by Gasteiger charge is 2.31. The van der Waals surface area contributed by atoms with Crippen LogP contribution in [0.3, 0.4) is 0 Å². The van der Waals surface area contributed by atoms with Gasteiger partial charge < -0.3 is 15.2 Å². The van der Waals surface area contributed by atoms with Crippen molar-refractivity contribution in [3.05, 3.63) is 35.4 Å². The molecule has 0 spiro atoms. The predicted molar refractivity (Wildman–Crippen MR) is 80.5 cm³/mol. The van der Waals surface area contributed by atoms with Crippen LogP contribution in [0.4, 0.5) is 0 Å². The van der Waals surface area contributed by atoms with Gasteiger partial charge in [-0.2, -0.15) is 0 Å². The lowest BCUT2D eigenvalue weighted by Crippen LogP contribution is -2.38. The molecule has 1 heterocycles. The van der Waals surface area contributed by atoms with Crippen LogP contribution < -0.4 is 5.32 Å². The molecule has 1 aromatic carbocycles. The van der Waals surface area contributed by atoms with Crippen molar-refractivity contribution in [3.63, 3.8) is 0 Å². The highest BCUT2D eigenvalue weighted by atomic mass is 16.5. The number of aliphatic hydroxyl groups excluding tert-OH is 1. The monoisotopic (exact) mass is 287 g/mol. The Morgan fingerprint density at radius 1 is 1.48 bits per heavy atom. The molecule has 0 bridgehead atoms. The fourth-order valence-electron chi connectivity index (χ4n) is 2.41. The number of ether oxygens (including phenoxy) is 1. The van der Waals surface area contributed by atoms with E-state index in [9.17, 15) is 4.79 Å². The number of hydrogen-bond acceptors (Lipinski definition) is 3. The summed E-state index contributed by atoms with van der Waals surface area (Å²) in [6.07, 6.45) is 0.604. The molecule has 1 aliphatic heterocycles. The molecule has 1 fully saturated rings. The van der Waals surface area contributed by atoms with Gasteiger partial charge >= 0.3 is 0 Å². The Morgan fingerprint density at radius 3 is 2.76 bits per heavy atom. The topological polar surface area (TPSA) is 58.6 Å². The smallest absolute Gasteiger partial charge is 0.249 e. The molecule has 0 aromatic heterocycles. The summed E-state index contributed by atoms with van der Waals surface area (Å²) in [5.41, 5.74) is 1.86. The van der Waals surface area contributed by atoms with Crippen LogP contribution in [0.5, 0.6) is 0 Å². The zero-order valence-electron chi connectivity index (χ0n) is 12.4. The summed E-state index contributed by atoms with van der Waals surface area (Å²) in [5, 5.41) is 11.7. The minimum Gasteiger partial charge on any atom is -0.384 e. The molecule has 4 heteroatoms. The molecule has 0 radical (unpaired) electrons. The lowest BCUT2D eigenvalue weighted by molar-refractivity contribution is -0.132. The standard InChI is InChI=1S/C17H21NO3/c1-12-9-11-21-16(12)17(20)18-13(2)15-7-5-14(6-8-15)4-3-10-19/h5-8,12-13,16,19H,9-11H2,1-2H3,(H,18,20). The largest absolute Gasteiger partial charge is 0.384 e. The average Bonchev–Trinajstić information content (AvgIpc) is 2.91. The molecule has 3 atom stereocenters. The van der Waals surface area contributed by atoms with Gasteiger partial charge in [-0.3, -0.25) is 4.79 Å². The summed E-state index contributed by atoms with van der Waals surface area (Å²) < 4.78 is 5.47. The van der Waals surface area contributed by atoms with E-state index in [1.807, 2.05) is 38.1 Å². The van der Waals surface area contributed by atoms with Crippen molar-refractivity contribution in [2.75, 3.05) is 13.2 Å². The van der Waals surface area contributed by atoms with Gasteiger partial charge in [0.2, 0.25) is 5.91 Å². The number of hydrogen-bond donors (Lipinski definition) is 2. The SMILES string of the molecule is CC(NC(=O)C1OCCC1C)c1ccc(C#CCO)cc1. The van der Waals surface area contributed by atoms with Gasteiger partial charge in [0.05, 0.1) is 6.04 Å². The summed E-state index contributed by atoms with van der Waals surface area (Å²) in [6, 6.07) is 7.56. The Labute approximate surface area is 125 Å². The number of carbonyl (C=O) groups is 1. The van der Waals surface area contributed by atoms with Crippen LogP contribution in [0, 0.1) is 17.8 Å². The first-order chi connectivity index (χ1) is 10.1. The zero-order chi connectivity index (χ0) is 15.2. The molecule has 1 aliphatic rings. The Hall–Kier alpha value is -1.83. The molecule has 2 rings (SSSR count). The van der Waals surface area contributed by atoms with Crippen molar-refractivity contribution in [2.24, 2.45) is 5.92 Å². The minimum absolute atomic E-state index is 0.0448. The van der Waals surface area contributed by atoms with Gasteiger partial charge in [-0.25, -0.2) is 0 Å². The molecule has 1 saturated heterocycles. The summed E-state index contributed by atoms with van der Waals surface area (Å²) in [4.78, 5) is 12.2. The number of carbonyl (C=O) groups excluding carboxylic acids is 1. The van der Waals surface area contributed by atoms with Gasteiger partial charge in [0.25, 0.3) is 0 Å². The van der Waals surface area contributed by atoms with Crippen molar-refractivity contribution in [2.45, 2.75) is 32.4 Å². The summed E-state index contributed by atoms with van der Waals surface area (Å²) in [6.45, 7) is 4.50. The summed E-state index contributed by atoms with van der Waals surface area (Å²) in [7, 11) is 0. The number of amides is 1. The van der Waals surface area contributed by atoms with Gasteiger partial charge in [0.15, 0.2) is 0 Å². The van der Waals surface area contributed by atoms with Gasteiger partial charge in [0.1, 0.15) is 12.7 Å². The fraction of sp³-hybridized carbons (Fsp3) is 0.471. The molecule has 112 valence electrons. The molecule has 0 saturated carbocycles. The fourth-order valence-corrected chi connectivity index (χ4v) is 2.41. The van der Waals surface area contributed by atoms with Crippen LogP contribution in [0.1, 0.15) is 37.4 Å². The van der Waals surface area contributed by atoms with Gasteiger partial charge in [-0.15, -0.1) is 0 Å². The Morgan fingerprint density at radius 2 is 2.19 bits per heavy atom. The van der Waals surface area contributed by atoms with Crippen molar-refractivity contribution >= 4 is 5.91 Å². The third kappa shape index (κ3) is 4.07. The van der Waals surface area contributed by atoms with E-state index < -0.39 is 0 Å². The number of rotatable bonds is 3. The lowest BCUT2D eigenvalue weighted by Gasteiger charge is -2.19. The maximum absolute atomic E-state index is 12.2. The van der Waals surface area contributed by atoms with Crippen molar-refractivity contribution in [1.82, 2.24) is 5.32 Å². The van der Waals surface area contributed by atoms with Crippen LogP contribution >= 0.6 is 0 Å². The van der Waals surface area contributed by atoms with Gasteiger partial charge in [-0.05, 0) is 37.0 Å². The quantitative estimate of drug-likeness (QED) is 0.831. The molecule has 4 nitrogen and oxygen atoms in total. The third-order valence-corrected chi connectivity index (χ3v) is 3.73. The van der Waals surface area contributed by atoms with E-state index in [-0.39, 0.29) is 30.6 Å². The van der Waals surface area contributed by atoms with E-state index in [1.165, 1.54) is 0 Å². The van der Waals surface area contributed by atoms with E-state index in [0.717, 1.165) is 17.5 Å². The summed E-state index contributed by atoms with van der Waals surface area (Å²) in [5.74, 6) is 5.68. The van der Waals surface area contributed by atoms with Gasteiger partial charge in [0, 0.05) is 12.2 Å². The van der Waals surface area contributed by atoms with E-state index >= 15 is 0 Å². The third-order valence-electron chi connectivity index (χ3n) is 3.73. The number of benzene rings is 1. The van der Waals surface area contributed by atoms with E-state index in [4.69, 9.17) is 9.84 Å². The molecular weight excluding hydrogens is 266 g/mol. The van der Waals surface area contributed by atoms with Crippen molar-refractivity contribution in [3.8, 4) is 11.8 Å². The predicted octanol–water partition coefficient (Wildman–Crippen LogP) is 1.63. The maximum atomic E-state index is 12.2. The van der Waals surface area contributed by atoms with Crippen LogP contribution in [0.15, 0.2) is 24.3 Å². The number of nitrogens with one attached hydrogen (secondary N) is 1. The lowest BCUT2D eigenvalue weighted by atomic mass is 10.0. The highest BCUT2D eigenvalue weighted by Crippen LogP contribution is 2.21. The van der Waals surface area contributed by atoms with E-state index in [0.29, 0.717) is 6.61 Å². The van der Waals surface area contributed by atoms with Crippen molar-refractivity contribution in [1.29, 1.82) is 0 Å². The first-order valence-corrected chi connectivity index (χ1v) is 7.23. The van der Waals surface area contributed by atoms with Crippen LogP contribution in [0.2, 0.25) is 0 Å². The van der Waals surface area contributed by atoms with Crippen LogP contribution in [-0.4, -0.2) is 30.3 Å². The zero-order valence-corrected chi connectivity index (χ0v) is 12.4. The summed E-state index contributed by atoms with van der Waals surface area (Å²) >= 11 is 0. The van der Waals surface area contributed by atoms with E-state index in [2.05, 4.69) is 17.2 Å². The Kier molecular flexibility index (Phi) is 5.38. The first kappa shape index (κ1) is 15.6. The maximum Gasteiger partial charge on any atom is 0.249 e. The molecule has 1 aromatic rings. The molecular formula is C17H21NO3. The average molecular weight is 287 g/mol. The first-order valence-electron chi connectivity index (χ1n) is 7.23.